The van der Waals surface area contributed by atoms with E-state index in [1.807, 2.05) is 5.57 Å². The Morgan fingerprint density at radius 1 is 0.853 bits per heavy atom. The van der Waals surface area contributed by atoms with Gasteiger partial charge in [0.25, 0.3) is 0 Å². The molecular formula is C32H52O2. The SMILES string of the molecule is CC(=O)O[C@H]1CC[C@@]2(C)[C@H]3CC=C4[C@H]5CC(C)(C)CC[C@]5(C)CC[C@]4(C)[C@@]3(C)CC[C@H]2C1(C)C. The molecule has 34 heavy (non-hydrogen) atoms. The summed E-state index contributed by atoms with van der Waals surface area (Å²) in [6.45, 7) is 22.0. The fraction of sp³-hybridized carbons (Fsp3) is 0.906. The highest BCUT2D eigenvalue weighted by molar-refractivity contribution is 5.66. The van der Waals surface area contributed by atoms with E-state index in [4.69, 9.17) is 4.74 Å². The maximum Gasteiger partial charge on any atom is 0.302 e. The standard InChI is InChI=1S/C32H52O2/c1-21(33)34-26-13-14-30(7)24(28(26,4)5)12-15-32(9)25(30)11-10-22-23-20-27(2,3)16-17-29(23,6)18-19-31(22,32)8/h10,23-26H,11-20H2,1-9H3/t23-,24+,25-,26+,29-,30-,31+,32+/m1/s1. The van der Waals surface area contributed by atoms with Gasteiger partial charge >= 0.3 is 5.97 Å². The van der Waals surface area contributed by atoms with Crippen molar-refractivity contribution in [1.82, 2.24) is 0 Å². The normalized spacial score (nSPS) is 51.1. The fourth-order valence-corrected chi connectivity index (χ4v) is 10.9. The Bertz CT molecular complexity index is 897. The zero-order valence-electron chi connectivity index (χ0n) is 23.8. The van der Waals surface area contributed by atoms with Crippen molar-refractivity contribution in [1.29, 1.82) is 0 Å². The molecule has 0 radical (unpaired) electrons. The number of fused-ring (bicyclic) bond motifs is 7. The molecule has 0 heterocycles. The van der Waals surface area contributed by atoms with Crippen LogP contribution in [-0.4, -0.2) is 12.1 Å². The minimum Gasteiger partial charge on any atom is -0.462 e. The number of allylic oxidation sites excluding steroid dienone is 2. The Balaban J connectivity index is 1.53. The zero-order valence-corrected chi connectivity index (χ0v) is 23.8. The van der Waals surface area contributed by atoms with Gasteiger partial charge in [-0.15, -0.1) is 0 Å². The van der Waals surface area contributed by atoms with Gasteiger partial charge in [0.2, 0.25) is 0 Å². The van der Waals surface area contributed by atoms with Crippen LogP contribution in [0.15, 0.2) is 11.6 Å². The van der Waals surface area contributed by atoms with Crippen molar-refractivity contribution in [2.24, 2.45) is 50.2 Å². The molecule has 0 unspecified atom stereocenters. The van der Waals surface area contributed by atoms with Crippen molar-refractivity contribution < 1.29 is 9.53 Å². The van der Waals surface area contributed by atoms with Crippen molar-refractivity contribution in [3.05, 3.63) is 11.6 Å². The lowest BCUT2D eigenvalue weighted by Gasteiger charge is -2.71. The molecule has 2 heteroatoms. The predicted molar refractivity (Wildman–Crippen MR) is 140 cm³/mol. The second-order valence-corrected chi connectivity index (χ2v) is 15.8. The summed E-state index contributed by atoms with van der Waals surface area (Å²) < 4.78 is 5.91. The van der Waals surface area contributed by atoms with E-state index in [1.54, 1.807) is 6.92 Å². The zero-order chi connectivity index (χ0) is 24.9. The highest BCUT2D eigenvalue weighted by Crippen LogP contribution is 2.75. The van der Waals surface area contributed by atoms with Crippen LogP contribution in [0.2, 0.25) is 0 Å². The van der Waals surface area contributed by atoms with E-state index in [1.165, 1.54) is 57.8 Å². The molecule has 5 aliphatic carbocycles. The summed E-state index contributed by atoms with van der Waals surface area (Å²) in [5, 5.41) is 0. The van der Waals surface area contributed by atoms with Crippen LogP contribution in [-0.2, 0) is 9.53 Å². The molecule has 0 aromatic heterocycles. The predicted octanol–water partition coefficient (Wildman–Crippen LogP) is 8.74. The van der Waals surface area contributed by atoms with E-state index in [9.17, 15) is 4.79 Å². The number of hydrogen-bond donors (Lipinski definition) is 0. The molecule has 0 spiro atoms. The largest absolute Gasteiger partial charge is 0.462 e. The molecule has 0 aliphatic heterocycles. The molecule has 0 N–H and O–H groups in total. The molecule has 0 bridgehead atoms. The summed E-state index contributed by atoms with van der Waals surface area (Å²) in [6, 6.07) is 0. The molecule has 192 valence electrons. The van der Waals surface area contributed by atoms with Crippen molar-refractivity contribution in [3.8, 4) is 0 Å². The molecule has 0 saturated heterocycles. The van der Waals surface area contributed by atoms with Crippen molar-refractivity contribution in [3.63, 3.8) is 0 Å². The van der Waals surface area contributed by atoms with Crippen LogP contribution in [0.5, 0.6) is 0 Å². The van der Waals surface area contributed by atoms with Crippen molar-refractivity contribution in [2.75, 3.05) is 0 Å². The van der Waals surface area contributed by atoms with Crippen LogP contribution < -0.4 is 0 Å². The van der Waals surface area contributed by atoms with E-state index in [-0.39, 0.29) is 17.5 Å². The molecule has 5 aliphatic rings. The number of carbonyl (C=O) groups excluding carboxylic acids is 1. The first-order chi connectivity index (χ1) is 15.6. The van der Waals surface area contributed by atoms with Crippen LogP contribution in [0.3, 0.4) is 0 Å². The van der Waals surface area contributed by atoms with Gasteiger partial charge in [0.1, 0.15) is 6.10 Å². The number of carbonyl (C=O) groups is 1. The third-order valence-corrected chi connectivity index (χ3v) is 13.3. The highest BCUT2D eigenvalue weighted by atomic mass is 16.5. The van der Waals surface area contributed by atoms with Gasteiger partial charge in [-0.1, -0.05) is 67.0 Å². The lowest BCUT2D eigenvalue weighted by molar-refractivity contribution is -0.211. The summed E-state index contributed by atoms with van der Waals surface area (Å²) in [5.74, 6) is 2.01. The van der Waals surface area contributed by atoms with Crippen molar-refractivity contribution >= 4 is 5.97 Å². The summed E-state index contributed by atoms with van der Waals surface area (Å²) in [7, 11) is 0. The van der Waals surface area contributed by atoms with E-state index in [2.05, 4.69) is 61.5 Å². The van der Waals surface area contributed by atoms with Crippen LogP contribution in [0, 0.1) is 50.2 Å². The molecule has 0 aromatic rings. The lowest BCUT2D eigenvalue weighted by atomic mass is 9.33. The van der Waals surface area contributed by atoms with E-state index in [0.29, 0.717) is 33.0 Å². The molecule has 8 atom stereocenters. The molecule has 0 aromatic carbocycles. The monoisotopic (exact) mass is 468 g/mol. The van der Waals surface area contributed by atoms with E-state index < -0.39 is 0 Å². The summed E-state index contributed by atoms with van der Waals surface area (Å²) in [6.07, 6.45) is 15.9. The molecular weight excluding hydrogens is 416 g/mol. The van der Waals surface area contributed by atoms with Gasteiger partial charge in [-0.3, -0.25) is 4.79 Å². The Morgan fingerprint density at radius 2 is 1.53 bits per heavy atom. The van der Waals surface area contributed by atoms with Crippen LogP contribution >= 0.6 is 0 Å². The number of rotatable bonds is 1. The van der Waals surface area contributed by atoms with Crippen molar-refractivity contribution in [2.45, 2.75) is 133 Å². The minimum absolute atomic E-state index is 0.0451. The first-order valence-corrected chi connectivity index (χ1v) is 14.5. The van der Waals surface area contributed by atoms with Crippen LogP contribution in [0.25, 0.3) is 0 Å². The first-order valence-electron chi connectivity index (χ1n) is 14.5. The van der Waals surface area contributed by atoms with Gasteiger partial charge in [0, 0.05) is 12.3 Å². The van der Waals surface area contributed by atoms with Crippen LogP contribution in [0.4, 0.5) is 0 Å². The van der Waals surface area contributed by atoms with Gasteiger partial charge in [-0.05, 0) is 109 Å². The Morgan fingerprint density at radius 3 is 2.21 bits per heavy atom. The molecule has 4 saturated carbocycles. The van der Waals surface area contributed by atoms with Crippen LogP contribution in [0.1, 0.15) is 127 Å². The Kier molecular flexibility index (Phi) is 5.40. The van der Waals surface area contributed by atoms with Gasteiger partial charge in [0.15, 0.2) is 0 Å². The molecule has 4 fully saturated rings. The average molecular weight is 469 g/mol. The quantitative estimate of drug-likeness (QED) is 0.284. The molecule has 0 amide bonds. The highest BCUT2D eigenvalue weighted by Gasteiger charge is 2.68. The topological polar surface area (TPSA) is 26.3 Å². The third-order valence-electron chi connectivity index (χ3n) is 13.3. The van der Waals surface area contributed by atoms with Gasteiger partial charge in [-0.25, -0.2) is 0 Å². The molecule has 2 nitrogen and oxygen atoms in total. The van der Waals surface area contributed by atoms with Gasteiger partial charge < -0.3 is 4.74 Å². The molecule has 5 rings (SSSR count). The number of hydrogen-bond acceptors (Lipinski definition) is 2. The summed E-state index contributed by atoms with van der Waals surface area (Å²) >= 11 is 0. The lowest BCUT2D eigenvalue weighted by Crippen LogP contribution is -2.64. The second-order valence-electron chi connectivity index (χ2n) is 15.8. The third kappa shape index (κ3) is 3.21. The Hall–Kier alpha value is -0.790. The second kappa shape index (κ2) is 7.38. The smallest absolute Gasteiger partial charge is 0.302 e. The minimum atomic E-state index is -0.110. The fourth-order valence-electron chi connectivity index (χ4n) is 10.9. The maximum atomic E-state index is 11.9. The maximum absolute atomic E-state index is 11.9. The summed E-state index contributed by atoms with van der Waals surface area (Å²) in [4.78, 5) is 11.9. The number of ether oxygens (including phenoxy) is 1. The first kappa shape index (κ1) is 24.9. The average Bonchev–Trinajstić information content (AvgIpc) is 2.72. The van der Waals surface area contributed by atoms with Gasteiger partial charge in [0.05, 0.1) is 0 Å². The van der Waals surface area contributed by atoms with E-state index >= 15 is 0 Å². The Labute approximate surface area is 210 Å². The summed E-state index contributed by atoms with van der Waals surface area (Å²) in [5.41, 5.74) is 3.92. The van der Waals surface area contributed by atoms with Gasteiger partial charge in [-0.2, -0.15) is 0 Å². The number of esters is 1. The van der Waals surface area contributed by atoms with E-state index in [0.717, 1.165) is 18.3 Å².